The third-order valence-electron chi connectivity index (χ3n) is 9.34. The number of carboxylic acid groups (broad SMARTS) is 1. The summed E-state index contributed by atoms with van der Waals surface area (Å²) < 4.78 is 12.7. The third-order valence-corrected chi connectivity index (χ3v) is 9.34. The highest BCUT2D eigenvalue weighted by Crippen LogP contribution is 2.30. The minimum atomic E-state index is -0.801. The number of nitrogens with zero attached hydrogens (tertiary/aromatic N) is 3. The molecular formula is C38H53N3O4. The Morgan fingerprint density at radius 2 is 1.60 bits per heavy atom. The van der Waals surface area contributed by atoms with Crippen molar-refractivity contribution < 1.29 is 19.4 Å². The van der Waals surface area contributed by atoms with Crippen molar-refractivity contribution in [3.8, 4) is 11.5 Å². The smallest absolute Gasteiger partial charge is 0.303 e. The molecule has 7 heteroatoms. The molecule has 0 amide bonds. The van der Waals surface area contributed by atoms with Crippen molar-refractivity contribution in [3.05, 3.63) is 65.4 Å². The topological polar surface area (TPSA) is 75.1 Å². The van der Waals surface area contributed by atoms with E-state index in [-0.39, 0.29) is 12.5 Å². The van der Waals surface area contributed by atoms with Gasteiger partial charge in [-0.25, -0.2) is 4.98 Å². The van der Waals surface area contributed by atoms with Gasteiger partial charge in [-0.3, -0.25) is 4.79 Å². The third kappa shape index (κ3) is 10.7. The van der Waals surface area contributed by atoms with Crippen molar-refractivity contribution >= 4 is 16.9 Å². The first-order chi connectivity index (χ1) is 22.1. The second kappa shape index (κ2) is 17.5. The fourth-order valence-corrected chi connectivity index (χ4v) is 6.60. The lowest BCUT2D eigenvalue weighted by Gasteiger charge is -2.32. The van der Waals surface area contributed by atoms with E-state index in [4.69, 9.17) is 19.6 Å². The molecule has 2 fully saturated rings. The average Bonchev–Trinajstić information content (AvgIpc) is 3.34. The van der Waals surface area contributed by atoms with Crippen LogP contribution in [0.2, 0.25) is 0 Å². The number of fused-ring (bicyclic) bond motifs is 1. The zero-order valence-electron chi connectivity index (χ0n) is 27.4. The van der Waals surface area contributed by atoms with Crippen LogP contribution in [0.15, 0.2) is 48.5 Å². The van der Waals surface area contributed by atoms with E-state index < -0.39 is 5.97 Å². The lowest BCUT2D eigenvalue weighted by atomic mass is 10.0. The number of unbranched alkanes of at least 4 members (excludes halogenated alkanes) is 1. The highest BCUT2D eigenvalue weighted by Gasteiger charge is 2.22. The highest BCUT2D eigenvalue weighted by atomic mass is 16.5. The highest BCUT2D eigenvalue weighted by molar-refractivity contribution is 5.85. The van der Waals surface area contributed by atoms with Gasteiger partial charge in [0, 0.05) is 43.7 Å². The second-order valence-corrected chi connectivity index (χ2v) is 13.0. The molecule has 0 aliphatic carbocycles. The van der Waals surface area contributed by atoms with Gasteiger partial charge in [0.25, 0.3) is 0 Å². The van der Waals surface area contributed by atoms with Crippen molar-refractivity contribution in [1.82, 2.24) is 14.8 Å². The fraction of sp³-hybridized carbons (Fsp3) is 0.579. The summed E-state index contributed by atoms with van der Waals surface area (Å²) in [7, 11) is 0. The maximum absolute atomic E-state index is 11.1. The Bertz CT molecular complexity index is 1330. The molecule has 0 saturated carbocycles. The Hall–Kier alpha value is -3.16. The van der Waals surface area contributed by atoms with Crippen LogP contribution in [0.3, 0.4) is 0 Å². The Morgan fingerprint density at radius 1 is 0.844 bits per heavy atom. The predicted octanol–water partition coefficient (Wildman–Crippen LogP) is 7.33. The molecule has 1 aromatic heterocycles. The maximum atomic E-state index is 11.1. The van der Waals surface area contributed by atoms with Crippen molar-refractivity contribution in [1.29, 1.82) is 0 Å². The first-order valence-electron chi connectivity index (χ1n) is 17.5. The van der Waals surface area contributed by atoms with Gasteiger partial charge in [0.1, 0.15) is 23.1 Å². The van der Waals surface area contributed by atoms with Gasteiger partial charge in [-0.2, -0.15) is 0 Å². The molecule has 45 heavy (non-hydrogen) atoms. The van der Waals surface area contributed by atoms with E-state index in [1.54, 1.807) is 0 Å². The van der Waals surface area contributed by atoms with Crippen molar-refractivity contribution in [2.24, 2.45) is 0 Å². The maximum Gasteiger partial charge on any atom is 0.303 e. The first-order valence-corrected chi connectivity index (χ1v) is 17.5. The summed E-state index contributed by atoms with van der Waals surface area (Å²) in [5, 5.41) is 10.2. The summed E-state index contributed by atoms with van der Waals surface area (Å²) >= 11 is 0. The molecule has 0 radical (unpaired) electrons. The van der Waals surface area contributed by atoms with Gasteiger partial charge >= 0.3 is 5.97 Å². The van der Waals surface area contributed by atoms with Crippen LogP contribution in [0, 0.1) is 0 Å². The van der Waals surface area contributed by atoms with E-state index >= 15 is 0 Å². The van der Waals surface area contributed by atoms with Gasteiger partial charge in [0.15, 0.2) is 0 Å². The fourth-order valence-electron chi connectivity index (χ4n) is 6.60. The van der Waals surface area contributed by atoms with Crippen LogP contribution in [-0.4, -0.2) is 77.8 Å². The van der Waals surface area contributed by atoms with Gasteiger partial charge in [-0.15, -0.1) is 0 Å². The van der Waals surface area contributed by atoms with E-state index in [9.17, 15) is 4.79 Å². The zero-order chi connectivity index (χ0) is 31.3. The van der Waals surface area contributed by atoms with Gasteiger partial charge in [-0.1, -0.05) is 44.4 Å². The Labute approximate surface area is 269 Å². The second-order valence-electron chi connectivity index (χ2n) is 13.0. The molecule has 7 nitrogen and oxygen atoms in total. The Morgan fingerprint density at radius 3 is 2.33 bits per heavy atom. The van der Waals surface area contributed by atoms with Crippen LogP contribution >= 0.6 is 0 Å². The summed E-state index contributed by atoms with van der Waals surface area (Å²) in [6, 6.07) is 17.1. The number of piperidine rings is 1. The van der Waals surface area contributed by atoms with Crippen molar-refractivity contribution in [2.45, 2.75) is 96.5 Å². The van der Waals surface area contributed by atoms with Gasteiger partial charge in [0.05, 0.1) is 13.0 Å². The van der Waals surface area contributed by atoms with Crippen LogP contribution < -0.4 is 9.47 Å². The van der Waals surface area contributed by atoms with Crippen LogP contribution in [-0.2, 0) is 24.1 Å². The number of benzene rings is 2. The molecule has 3 aromatic rings. The number of hydrogen-bond donors (Lipinski definition) is 1. The monoisotopic (exact) mass is 615 g/mol. The molecule has 2 aliphatic rings. The summed E-state index contributed by atoms with van der Waals surface area (Å²) in [5.74, 6) is 1.02. The van der Waals surface area contributed by atoms with Gasteiger partial charge in [0.2, 0.25) is 0 Å². The Balaban J connectivity index is 1.07. The number of likely N-dealkylation sites (tertiary alicyclic amines) is 2. The lowest BCUT2D eigenvalue weighted by molar-refractivity contribution is -0.136. The standard InChI is InChI=1S/C38H53N3O4/c1-2-3-9-31-28-32-12-13-33(14-17-37(42)43)39-38(32)36(29-31)45-35-19-25-41(26-20-35)24-18-30-10-15-34(16-11-30)44-27-8-23-40-21-6-4-5-7-22-40/h10-13,15-16,28-29,35H,2-9,14,17-27H2,1H3,(H,42,43). The quantitative estimate of drug-likeness (QED) is 0.169. The minimum absolute atomic E-state index is 0.0820. The van der Waals surface area contributed by atoms with Crippen LogP contribution in [0.5, 0.6) is 11.5 Å². The number of pyridine rings is 1. The molecule has 2 saturated heterocycles. The van der Waals surface area contributed by atoms with Gasteiger partial charge < -0.3 is 24.4 Å². The number of aryl methyl sites for hydroxylation is 2. The van der Waals surface area contributed by atoms with Gasteiger partial charge in [-0.05, 0) is 106 Å². The normalized spacial score (nSPS) is 16.9. The molecule has 2 aromatic carbocycles. The number of carboxylic acids is 1. The molecule has 244 valence electrons. The molecule has 0 unspecified atom stereocenters. The van der Waals surface area contributed by atoms with E-state index in [1.165, 1.54) is 49.9 Å². The Kier molecular flexibility index (Phi) is 12.9. The van der Waals surface area contributed by atoms with Crippen LogP contribution in [0.4, 0.5) is 0 Å². The van der Waals surface area contributed by atoms with Crippen LogP contribution in [0.1, 0.15) is 88.0 Å². The molecule has 3 heterocycles. The number of rotatable bonds is 16. The van der Waals surface area contributed by atoms with Crippen molar-refractivity contribution in [3.63, 3.8) is 0 Å². The molecule has 1 N–H and O–H groups in total. The summed E-state index contributed by atoms with van der Waals surface area (Å²) in [6.07, 6.45) is 13.5. The first kappa shape index (κ1) is 33.2. The molecule has 2 aliphatic heterocycles. The van der Waals surface area contributed by atoms with E-state index in [2.05, 4.69) is 59.2 Å². The number of aliphatic carboxylic acids is 1. The summed E-state index contributed by atoms with van der Waals surface area (Å²) in [4.78, 5) is 21.1. The van der Waals surface area contributed by atoms with Crippen molar-refractivity contribution in [2.75, 3.05) is 45.9 Å². The van der Waals surface area contributed by atoms with Crippen LogP contribution in [0.25, 0.3) is 10.9 Å². The molecule has 5 rings (SSSR count). The predicted molar refractivity (Wildman–Crippen MR) is 182 cm³/mol. The summed E-state index contributed by atoms with van der Waals surface area (Å²) in [5.41, 5.74) is 4.28. The minimum Gasteiger partial charge on any atom is -0.494 e. The molecular weight excluding hydrogens is 562 g/mol. The molecule has 0 bridgehead atoms. The average molecular weight is 616 g/mol. The molecule has 0 spiro atoms. The number of carbonyl (C=O) groups is 1. The van der Waals surface area contributed by atoms with E-state index in [1.807, 2.05) is 6.07 Å². The number of ether oxygens (including phenoxy) is 2. The summed E-state index contributed by atoms with van der Waals surface area (Å²) in [6.45, 7) is 9.74. The largest absolute Gasteiger partial charge is 0.494 e. The zero-order valence-corrected chi connectivity index (χ0v) is 27.4. The molecule has 0 atom stereocenters. The lowest BCUT2D eigenvalue weighted by Crippen LogP contribution is -2.39. The number of hydrogen-bond acceptors (Lipinski definition) is 6. The van der Waals surface area contributed by atoms with E-state index in [0.29, 0.717) is 6.42 Å². The SMILES string of the molecule is CCCCc1cc(OC2CCN(CCc3ccc(OCCCN4CCCCCC4)cc3)CC2)c2nc(CCC(=O)O)ccc2c1. The number of aromatic nitrogens is 1. The van der Waals surface area contributed by atoms with E-state index in [0.717, 1.165) is 106 Å².